The quantitative estimate of drug-likeness (QED) is 0.805. The highest BCUT2D eigenvalue weighted by Crippen LogP contribution is 2.26. The maximum absolute atomic E-state index is 12.8. The first-order valence-corrected chi connectivity index (χ1v) is 11.5. The zero-order chi connectivity index (χ0) is 19.3. The molecule has 1 aromatic rings. The second kappa shape index (κ2) is 9.06. The third kappa shape index (κ3) is 5.02. The van der Waals surface area contributed by atoms with Gasteiger partial charge in [-0.1, -0.05) is 19.3 Å². The molecule has 1 N–H and O–H groups in total. The van der Waals surface area contributed by atoms with Crippen molar-refractivity contribution in [2.75, 3.05) is 19.7 Å². The van der Waals surface area contributed by atoms with Gasteiger partial charge in [-0.2, -0.15) is 4.31 Å². The Kier molecular flexibility index (Phi) is 6.76. The minimum absolute atomic E-state index is 0.0752. The molecule has 1 aliphatic carbocycles. The molecule has 1 amide bonds. The fourth-order valence-electron chi connectivity index (χ4n) is 3.95. The first-order valence-electron chi connectivity index (χ1n) is 10.0. The zero-order valence-electron chi connectivity index (χ0n) is 16.0. The molecule has 0 unspecified atom stereocenters. The van der Waals surface area contributed by atoms with Crippen LogP contribution in [0.1, 0.15) is 51.9 Å². The van der Waals surface area contributed by atoms with E-state index >= 15 is 0 Å². The lowest BCUT2D eigenvalue weighted by Gasteiger charge is -2.32. The van der Waals surface area contributed by atoms with Crippen LogP contribution in [0.25, 0.3) is 0 Å². The summed E-state index contributed by atoms with van der Waals surface area (Å²) in [5, 5.41) is 3.14. The third-order valence-corrected chi connectivity index (χ3v) is 7.46. The zero-order valence-corrected chi connectivity index (χ0v) is 16.8. The molecular weight excluding hydrogens is 364 g/mol. The van der Waals surface area contributed by atoms with Crippen LogP contribution in [0, 0.1) is 5.92 Å². The van der Waals surface area contributed by atoms with Crippen LogP contribution >= 0.6 is 0 Å². The molecule has 2 aliphatic rings. The van der Waals surface area contributed by atoms with Gasteiger partial charge in [0.2, 0.25) is 15.9 Å². The second-order valence-electron chi connectivity index (χ2n) is 7.43. The monoisotopic (exact) mass is 394 g/mol. The highest BCUT2D eigenvalue weighted by molar-refractivity contribution is 7.89. The van der Waals surface area contributed by atoms with Crippen molar-refractivity contribution in [2.45, 2.75) is 62.8 Å². The van der Waals surface area contributed by atoms with Gasteiger partial charge in [0.1, 0.15) is 5.75 Å². The van der Waals surface area contributed by atoms with Crippen molar-refractivity contribution in [2.24, 2.45) is 5.92 Å². The Morgan fingerprint density at radius 2 is 1.70 bits per heavy atom. The van der Waals surface area contributed by atoms with Gasteiger partial charge in [0.15, 0.2) is 0 Å². The minimum atomic E-state index is -3.50. The van der Waals surface area contributed by atoms with E-state index in [-0.39, 0.29) is 22.8 Å². The largest absolute Gasteiger partial charge is 0.494 e. The SMILES string of the molecule is CCOc1ccc(S(=O)(=O)N2CCC(NC(=O)C3CCCCC3)CC2)cc1. The summed E-state index contributed by atoms with van der Waals surface area (Å²) in [6.07, 6.45) is 6.79. The number of rotatable bonds is 6. The minimum Gasteiger partial charge on any atom is -0.494 e. The van der Waals surface area contributed by atoms with E-state index in [2.05, 4.69) is 5.32 Å². The molecule has 1 saturated heterocycles. The highest BCUT2D eigenvalue weighted by atomic mass is 32.2. The Morgan fingerprint density at radius 3 is 2.30 bits per heavy atom. The van der Waals surface area contributed by atoms with Gasteiger partial charge in [0.05, 0.1) is 11.5 Å². The number of carbonyl (C=O) groups is 1. The fraction of sp³-hybridized carbons (Fsp3) is 0.650. The fourth-order valence-corrected chi connectivity index (χ4v) is 5.42. The Hall–Kier alpha value is -1.60. The van der Waals surface area contributed by atoms with Gasteiger partial charge >= 0.3 is 0 Å². The van der Waals surface area contributed by atoms with E-state index in [9.17, 15) is 13.2 Å². The summed E-state index contributed by atoms with van der Waals surface area (Å²) < 4.78 is 32.6. The van der Waals surface area contributed by atoms with Gasteiger partial charge in [-0.3, -0.25) is 4.79 Å². The van der Waals surface area contributed by atoms with Crippen LogP contribution in [-0.2, 0) is 14.8 Å². The number of piperidine rings is 1. The summed E-state index contributed by atoms with van der Waals surface area (Å²) in [6.45, 7) is 3.31. The molecule has 1 aliphatic heterocycles. The lowest BCUT2D eigenvalue weighted by atomic mass is 9.88. The molecule has 6 nitrogen and oxygen atoms in total. The molecule has 3 rings (SSSR count). The maximum atomic E-state index is 12.8. The van der Waals surface area contributed by atoms with Crippen LogP contribution < -0.4 is 10.1 Å². The van der Waals surface area contributed by atoms with Crippen molar-refractivity contribution in [3.8, 4) is 5.75 Å². The molecule has 2 fully saturated rings. The number of ether oxygens (including phenoxy) is 1. The van der Waals surface area contributed by atoms with Crippen LogP contribution in [0.4, 0.5) is 0 Å². The predicted molar refractivity (Wildman–Crippen MR) is 104 cm³/mol. The van der Waals surface area contributed by atoms with Crippen molar-refractivity contribution < 1.29 is 17.9 Å². The molecule has 1 heterocycles. The lowest BCUT2D eigenvalue weighted by molar-refractivity contribution is -0.126. The van der Waals surface area contributed by atoms with E-state index in [0.717, 1.165) is 25.7 Å². The molecule has 1 aromatic carbocycles. The Bertz CT molecular complexity index is 719. The average Bonchev–Trinajstić information content (AvgIpc) is 2.70. The number of sulfonamides is 1. The number of hydrogen-bond donors (Lipinski definition) is 1. The number of nitrogens with one attached hydrogen (secondary N) is 1. The summed E-state index contributed by atoms with van der Waals surface area (Å²) in [6, 6.07) is 6.64. The first-order chi connectivity index (χ1) is 13.0. The number of carbonyl (C=O) groups excluding carboxylic acids is 1. The van der Waals surface area contributed by atoms with Gasteiger partial charge < -0.3 is 10.1 Å². The topological polar surface area (TPSA) is 75.7 Å². The third-order valence-electron chi connectivity index (χ3n) is 5.55. The van der Waals surface area contributed by atoms with Crippen molar-refractivity contribution in [3.63, 3.8) is 0 Å². The van der Waals surface area contributed by atoms with Crippen molar-refractivity contribution in [1.29, 1.82) is 0 Å². The Morgan fingerprint density at radius 1 is 1.07 bits per heavy atom. The first kappa shape index (κ1) is 20.1. The van der Waals surface area contributed by atoms with E-state index in [0.29, 0.717) is 38.3 Å². The number of nitrogens with zero attached hydrogens (tertiary/aromatic N) is 1. The molecule has 0 atom stereocenters. The van der Waals surface area contributed by atoms with E-state index in [4.69, 9.17) is 4.74 Å². The number of hydrogen-bond acceptors (Lipinski definition) is 4. The van der Waals surface area contributed by atoms with E-state index < -0.39 is 10.0 Å². The summed E-state index contributed by atoms with van der Waals surface area (Å²) in [4.78, 5) is 12.7. The number of benzene rings is 1. The molecule has 150 valence electrons. The predicted octanol–water partition coefficient (Wildman–Crippen LogP) is 2.93. The van der Waals surface area contributed by atoms with Gasteiger partial charge in [0, 0.05) is 25.0 Å². The molecule has 0 bridgehead atoms. The summed E-state index contributed by atoms with van der Waals surface area (Å²) in [7, 11) is -3.50. The van der Waals surface area contributed by atoms with Crippen LogP contribution in [0.3, 0.4) is 0 Å². The molecule has 0 aromatic heterocycles. The van der Waals surface area contributed by atoms with Crippen molar-refractivity contribution >= 4 is 15.9 Å². The van der Waals surface area contributed by atoms with Crippen LogP contribution in [-0.4, -0.2) is 44.4 Å². The van der Waals surface area contributed by atoms with Gasteiger partial charge in [0.25, 0.3) is 0 Å². The number of amides is 1. The van der Waals surface area contributed by atoms with Crippen LogP contribution in [0.2, 0.25) is 0 Å². The van der Waals surface area contributed by atoms with Crippen LogP contribution in [0.5, 0.6) is 5.75 Å². The highest BCUT2D eigenvalue weighted by Gasteiger charge is 2.31. The Balaban J connectivity index is 1.53. The Labute approximate surface area is 162 Å². The molecule has 27 heavy (non-hydrogen) atoms. The van der Waals surface area contributed by atoms with Crippen molar-refractivity contribution in [3.05, 3.63) is 24.3 Å². The molecule has 1 saturated carbocycles. The summed E-state index contributed by atoms with van der Waals surface area (Å²) >= 11 is 0. The molecular formula is C20H30N2O4S. The van der Waals surface area contributed by atoms with E-state index in [1.165, 1.54) is 10.7 Å². The van der Waals surface area contributed by atoms with Crippen LogP contribution in [0.15, 0.2) is 29.2 Å². The smallest absolute Gasteiger partial charge is 0.243 e. The van der Waals surface area contributed by atoms with E-state index in [1.807, 2.05) is 6.92 Å². The molecule has 0 spiro atoms. The second-order valence-corrected chi connectivity index (χ2v) is 9.36. The van der Waals surface area contributed by atoms with Gasteiger partial charge in [-0.05, 0) is 56.9 Å². The lowest BCUT2D eigenvalue weighted by Crippen LogP contribution is -2.48. The molecule has 7 heteroatoms. The normalized spacial score (nSPS) is 20.3. The molecule has 0 radical (unpaired) electrons. The van der Waals surface area contributed by atoms with E-state index in [1.54, 1.807) is 24.3 Å². The van der Waals surface area contributed by atoms with Crippen molar-refractivity contribution in [1.82, 2.24) is 9.62 Å². The standard InChI is InChI=1S/C20H30N2O4S/c1-2-26-18-8-10-19(11-9-18)27(24,25)22-14-12-17(13-15-22)21-20(23)16-6-4-3-5-7-16/h8-11,16-17H,2-7,12-15H2,1H3,(H,21,23). The van der Waals surface area contributed by atoms with Gasteiger partial charge in [-0.25, -0.2) is 8.42 Å². The maximum Gasteiger partial charge on any atom is 0.243 e. The summed E-state index contributed by atoms with van der Waals surface area (Å²) in [5.41, 5.74) is 0. The summed E-state index contributed by atoms with van der Waals surface area (Å²) in [5.74, 6) is 0.965. The average molecular weight is 395 g/mol. The van der Waals surface area contributed by atoms with Gasteiger partial charge in [-0.15, -0.1) is 0 Å².